The first-order valence-electron chi connectivity index (χ1n) is 7.83. The molecule has 0 bridgehead atoms. The Labute approximate surface area is 175 Å². The number of nitrogens with zero attached hydrogens (tertiary/aromatic N) is 4. The standard InChI is InChI=1S/C17H14Cl3N5OS/c1-9-5-3-4-6-15(9)25-17(22-23-24-25)27-10(2)16(26)21-14-8-12(19)11(18)7-13(14)20/h3-8,10H,1-2H3,(H,21,26). The number of benzene rings is 2. The van der Waals surface area contributed by atoms with Gasteiger partial charge in [-0.25, -0.2) is 0 Å². The molecule has 0 saturated carbocycles. The number of thioether (sulfide) groups is 1. The van der Waals surface area contributed by atoms with E-state index >= 15 is 0 Å². The first-order chi connectivity index (χ1) is 12.9. The number of hydrogen-bond donors (Lipinski definition) is 1. The van der Waals surface area contributed by atoms with Crippen molar-refractivity contribution in [3.63, 3.8) is 0 Å². The molecule has 1 unspecified atom stereocenters. The van der Waals surface area contributed by atoms with Gasteiger partial charge < -0.3 is 5.32 Å². The predicted molar refractivity (Wildman–Crippen MR) is 109 cm³/mol. The molecule has 1 amide bonds. The summed E-state index contributed by atoms with van der Waals surface area (Å²) in [5, 5.41) is 15.5. The second kappa shape index (κ2) is 8.48. The lowest BCUT2D eigenvalue weighted by Crippen LogP contribution is -2.23. The van der Waals surface area contributed by atoms with Gasteiger partial charge in [-0.3, -0.25) is 4.79 Å². The Morgan fingerprint density at radius 1 is 1.15 bits per heavy atom. The highest BCUT2D eigenvalue weighted by Gasteiger charge is 2.21. The van der Waals surface area contributed by atoms with Crippen molar-refractivity contribution in [2.24, 2.45) is 0 Å². The zero-order valence-electron chi connectivity index (χ0n) is 14.3. The van der Waals surface area contributed by atoms with E-state index in [1.807, 2.05) is 31.2 Å². The lowest BCUT2D eigenvalue weighted by Gasteiger charge is -2.13. The minimum absolute atomic E-state index is 0.264. The zero-order valence-corrected chi connectivity index (χ0v) is 17.4. The molecule has 1 atom stereocenters. The molecule has 0 radical (unpaired) electrons. The number of carbonyl (C=O) groups is 1. The third kappa shape index (κ3) is 4.55. The summed E-state index contributed by atoms with van der Waals surface area (Å²) in [4.78, 5) is 12.6. The third-order valence-electron chi connectivity index (χ3n) is 3.70. The van der Waals surface area contributed by atoms with Crippen LogP contribution in [0.25, 0.3) is 5.69 Å². The van der Waals surface area contributed by atoms with Gasteiger partial charge >= 0.3 is 0 Å². The Hall–Kier alpha value is -1.80. The third-order valence-corrected chi connectivity index (χ3v) is 5.77. The number of halogens is 3. The smallest absolute Gasteiger partial charge is 0.237 e. The van der Waals surface area contributed by atoms with Gasteiger partial charge in [-0.05, 0) is 48.0 Å². The Bertz CT molecular complexity index is 994. The van der Waals surface area contributed by atoms with Crippen LogP contribution in [0.1, 0.15) is 12.5 Å². The van der Waals surface area contributed by atoms with Gasteiger partial charge in [0, 0.05) is 0 Å². The first kappa shape index (κ1) is 19.9. The summed E-state index contributed by atoms with van der Waals surface area (Å²) in [5.41, 5.74) is 2.26. The van der Waals surface area contributed by atoms with Gasteiger partial charge in [0.2, 0.25) is 11.1 Å². The van der Waals surface area contributed by atoms with E-state index in [2.05, 4.69) is 20.8 Å². The maximum absolute atomic E-state index is 12.6. The van der Waals surface area contributed by atoms with Crippen molar-refractivity contribution in [1.82, 2.24) is 20.2 Å². The number of nitrogens with one attached hydrogen (secondary N) is 1. The minimum Gasteiger partial charge on any atom is -0.324 e. The monoisotopic (exact) mass is 441 g/mol. The highest BCUT2D eigenvalue weighted by molar-refractivity contribution is 8.00. The maximum Gasteiger partial charge on any atom is 0.237 e. The fraction of sp³-hybridized carbons (Fsp3) is 0.176. The van der Waals surface area contributed by atoms with Gasteiger partial charge in [-0.1, -0.05) is 64.8 Å². The van der Waals surface area contributed by atoms with E-state index in [0.717, 1.165) is 11.3 Å². The molecule has 10 heteroatoms. The van der Waals surface area contributed by atoms with E-state index in [1.165, 1.54) is 23.9 Å². The van der Waals surface area contributed by atoms with Gasteiger partial charge in [0.05, 0.1) is 31.7 Å². The summed E-state index contributed by atoms with van der Waals surface area (Å²) in [6.45, 7) is 3.72. The molecule has 1 aromatic heterocycles. The summed E-state index contributed by atoms with van der Waals surface area (Å²) in [6, 6.07) is 10.7. The number of rotatable bonds is 5. The van der Waals surface area contributed by atoms with Crippen LogP contribution in [0.3, 0.4) is 0 Å². The predicted octanol–water partition coefficient (Wildman–Crippen LogP) is 5.05. The van der Waals surface area contributed by atoms with E-state index in [4.69, 9.17) is 34.8 Å². The first-order valence-corrected chi connectivity index (χ1v) is 9.84. The van der Waals surface area contributed by atoms with Gasteiger partial charge in [0.15, 0.2) is 0 Å². The van der Waals surface area contributed by atoms with E-state index in [1.54, 1.807) is 11.6 Å². The fourth-order valence-corrected chi connectivity index (χ4v) is 3.66. The van der Waals surface area contributed by atoms with Crippen LogP contribution in [-0.4, -0.2) is 31.4 Å². The average Bonchev–Trinajstić information content (AvgIpc) is 3.07. The number of anilines is 1. The molecule has 3 aromatic rings. The van der Waals surface area contributed by atoms with E-state index in [-0.39, 0.29) is 5.91 Å². The van der Waals surface area contributed by atoms with Gasteiger partial charge in [-0.15, -0.1) is 5.10 Å². The summed E-state index contributed by atoms with van der Waals surface area (Å²) in [5.74, 6) is -0.264. The quantitative estimate of drug-likeness (QED) is 0.442. The molecule has 140 valence electrons. The molecule has 3 rings (SSSR count). The molecule has 0 spiro atoms. The number of carbonyl (C=O) groups excluding carboxylic acids is 1. The Morgan fingerprint density at radius 3 is 2.59 bits per heavy atom. The van der Waals surface area contributed by atoms with Crippen molar-refractivity contribution >= 4 is 58.2 Å². The molecule has 0 aliphatic carbocycles. The normalized spacial score (nSPS) is 12.0. The number of aromatic nitrogens is 4. The number of para-hydroxylation sites is 1. The Morgan fingerprint density at radius 2 is 1.85 bits per heavy atom. The minimum atomic E-state index is -0.482. The summed E-state index contributed by atoms with van der Waals surface area (Å²) in [7, 11) is 0. The van der Waals surface area contributed by atoms with Crippen LogP contribution in [0.4, 0.5) is 5.69 Å². The number of aryl methyl sites for hydroxylation is 1. The zero-order chi connectivity index (χ0) is 19.6. The number of hydrogen-bond acceptors (Lipinski definition) is 5. The molecule has 27 heavy (non-hydrogen) atoms. The number of tetrazole rings is 1. The molecule has 1 heterocycles. The van der Waals surface area contributed by atoms with Crippen LogP contribution in [0.2, 0.25) is 15.1 Å². The van der Waals surface area contributed by atoms with Crippen molar-refractivity contribution in [2.75, 3.05) is 5.32 Å². The van der Waals surface area contributed by atoms with Crippen molar-refractivity contribution < 1.29 is 4.79 Å². The summed E-state index contributed by atoms with van der Waals surface area (Å²) < 4.78 is 1.61. The van der Waals surface area contributed by atoms with Crippen LogP contribution < -0.4 is 5.32 Å². The van der Waals surface area contributed by atoms with E-state index in [9.17, 15) is 4.79 Å². The molecule has 0 aliphatic heterocycles. The SMILES string of the molecule is Cc1ccccc1-n1nnnc1SC(C)C(=O)Nc1cc(Cl)c(Cl)cc1Cl. The molecular weight excluding hydrogens is 429 g/mol. The highest BCUT2D eigenvalue weighted by Crippen LogP contribution is 2.33. The molecule has 1 N–H and O–H groups in total. The van der Waals surface area contributed by atoms with Crippen molar-refractivity contribution in [3.8, 4) is 5.69 Å². The van der Waals surface area contributed by atoms with Gasteiger partial charge in [0.25, 0.3) is 0 Å². The van der Waals surface area contributed by atoms with E-state index < -0.39 is 5.25 Å². The second-order valence-corrected chi connectivity index (χ2v) is 8.18. The second-order valence-electron chi connectivity index (χ2n) is 5.66. The average molecular weight is 443 g/mol. The summed E-state index contributed by atoms with van der Waals surface area (Å²) >= 11 is 19.2. The van der Waals surface area contributed by atoms with Crippen LogP contribution in [0.15, 0.2) is 41.6 Å². The Balaban J connectivity index is 1.76. The topological polar surface area (TPSA) is 72.7 Å². The van der Waals surface area contributed by atoms with Gasteiger partial charge in [0.1, 0.15) is 0 Å². The lowest BCUT2D eigenvalue weighted by molar-refractivity contribution is -0.115. The van der Waals surface area contributed by atoms with Crippen LogP contribution in [0, 0.1) is 6.92 Å². The summed E-state index contributed by atoms with van der Waals surface area (Å²) in [6.07, 6.45) is 0. The van der Waals surface area contributed by atoms with Gasteiger partial charge in [-0.2, -0.15) is 4.68 Å². The van der Waals surface area contributed by atoms with Crippen LogP contribution >= 0.6 is 46.6 Å². The maximum atomic E-state index is 12.6. The lowest BCUT2D eigenvalue weighted by atomic mass is 10.2. The molecular formula is C17H14Cl3N5OS. The van der Waals surface area contributed by atoms with Crippen molar-refractivity contribution in [3.05, 3.63) is 57.0 Å². The Kier molecular flexibility index (Phi) is 6.26. The van der Waals surface area contributed by atoms with E-state index in [0.29, 0.717) is 25.9 Å². The molecule has 0 saturated heterocycles. The van der Waals surface area contributed by atoms with Crippen LogP contribution in [-0.2, 0) is 4.79 Å². The van der Waals surface area contributed by atoms with Crippen LogP contribution in [0.5, 0.6) is 0 Å². The molecule has 0 aliphatic rings. The fourth-order valence-electron chi connectivity index (χ4n) is 2.27. The molecule has 6 nitrogen and oxygen atoms in total. The van der Waals surface area contributed by atoms with Crippen molar-refractivity contribution in [2.45, 2.75) is 24.3 Å². The largest absolute Gasteiger partial charge is 0.324 e. The number of amides is 1. The molecule has 2 aromatic carbocycles. The highest BCUT2D eigenvalue weighted by atomic mass is 35.5. The molecule has 0 fully saturated rings. The van der Waals surface area contributed by atoms with Crippen molar-refractivity contribution in [1.29, 1.82) is 0 Å².